The fraction of sp³-hybridized carbons (Fsp3) is 0. The number of hydrogen-bond acceptors (Lipinski definition) is 4. The first-order valence-electron chi connectivity index (χ1n) is 27.3. The molecule has 0 radical (unpaired) electrons. The van der Waals surface area contributed by atoms with Crippen LogP contribution in [-0.4, -0.2) is 0 Å². The van der Waals surface area contributed by atoms with Crippen LogP contribution in [-0.2, 0) is 0 Å². The van der Waals surface area contributed by atoms with E-state index < -0.39 is 0 Å². The number of anilines is 6. The molecule has 0 unspecified atom stereocenters. The van der Waals surface area contributed by atoms with Crippen molar-refractivity contribution in [1.82, 2.24) is 0 Å². The molecule has 80 heavy (non-hydrogen) atoms. The quantitative estimate of drug-likeness (QED) is 0.144. The highest BCUT2D eigenvalue weighted by atomic mass is 32.1. The molecule has 0 aliphatic heterocycles. The van der Waals surface area contributed by atoms with Gasteiger partial charge in [-0.3, -0.25) is 0 Å². The minimum Gasteiger partial charge on any atom is -0.456 e. The lowest BCUT2D eigenvalue weighted by molar-refractivity contribution is 0.669. The SMILES string of the molecule is c1ccc2cc(N(c3cc(-c4cc(-c5ccc6oc7ccccc7c6c5)cc(-c5ccc6sc7ccccc7c6c5)c4)cc(N(c4ccc5ccccc5c4)c4ccc5ccccc5c4)c3)c3ccc4ccccc4c3)ccc2c1. The highest BCUT2D eigenvalue weighted by Gasteiger charge is 2.22. The van der Waals surface area contributed by atoms with Gasteiger partial charge in [0, 0.05) is 65.1 Å². The van der Waals surface area contributed by atoms with Crippen LogP contribution in [0.3, 0.4) is 0 Å². The second kappa shape index (κ2) is 18.7. The van der Waals surface area contributed by atoms with Crippen molar-refractivity contribution in [1.29, 1.82) is 0 Å². The molecule has 16 aromatic rings. The minimum atomic E-state index is 0.878. The minimum absolute atomic E-state index is 0.878. The number of para-hydroxylation sites is 1. The Labute approximate surface area is 466 Å². The van der Waals surface area contributed by atoms with Gasteiger partial charge in [-0.1, -0.05) is 170 Å². The van der Waals surface area contributed by atoms with Crippen molar-refractivity contribution in [3.8, 4) is 33.4 Å². The van der Waals surface area contributed by atoms with Crippen LogP contribution in [0.2, 0.25) is 0 Å². The standard InChI is InChI=1S/C76H48N2OS/c1-5-17-53-40-63(31-25-49(53)13-1)77(64-32-26-50-14-2-6-18-54(50)41-64)67-44-62(45-68(48-67)78(65-33-27-51-15-3-7-19-55(51)42-65)66-34-28-52-16-4-8-20-56(52)43-66)61-38-59(57-29-35-74-71(46-57)69-21-9-11-23-73(69)79-74)37-60(39-61)58-30-36-76-72(47-58)70-22-10-12-24-75(70)80-76/h1-48H. The number of hydrogen-bond donors (Lipinski definition) is 0. The van der Waals surface area contributed by atoms with Gasteiger partial charge in [-0.25, -0.2) is 0 Å². The summed E-state index contributed by atoms with van der Waals surface area (Å²) in [4.78, 5) is 4.90. The van der Waals surface area contributed by atoms with Crippen molar-refractivity contribution in [3.05, 3.63) is 291 Å². The van der Waals surface area contributed by atoms with Crippen molar-refractivity contribution in [2.45, 2.75) is 0 Å². The Balaban J connectivity index is 0.987. The van der Waals surface area contributed by atoms with Crippen LogP contribution in [0.1, 0.15) is 0 Å². The number of furan rings is 1. The van der Waals surface area contributed by atoms with Gasteiger partial charge in [0.15, 0.2) is 0 Å². The maximum Gasteiger partial charge on any atom is 0.135 e. The van der Waals surface area contributed by atoms with Gasteiger partial charge in [-0.2, -0.15) is 0 Å². The molecule has 0 atom stereocenters. The van der Waals surface area contributed by atoms with E-state index in [0.717, 1.165) is 83.9 Å². The average molecular weight is 1040 g/mol. The molecule has 0 aliphatic rings. The van der Waals surface area contributed by atoms with E-state index in [4.69, 9.17) is 4.42 Å². The van der Waals surface area contributed by atoms with Crippen molar-refractivity contribution in [3.63, 3.8) is 0 Å². The zero-order valence-corrected chi connectivity index (χ0v) is 44.2. The fourth-order valence-electron chi connectivity index (χ4n) is 12.1. The van der Waals surface area contributed by atoms with Crippen molar-refractivity contribution in [2.75, 3.05) is 9.80 Å². The Hall–Kier alpha value is -10.3. The zero-order chi connectivity index (χ0) is 52.7. The summed E-state index contributed by atoms with van der Waals surface area (Å²) >= 11 is 1.85. The van der Waals surface area contributed by atoms with Crippen LogP contribution in [0.5, 0.6) is 0 Å². The van der Waals surface area contributed by atoms with E-state index in [1.54, 1.807) is 0 Å². The van der Waals surface area contributed by atoms with E-state index in [9.17, 15) is 0 Å². The Bertz CT molecular complexity index is 4650. The monoisotopic (exact) mass is 1040 g/mol. The number of fused-ring (bicyclic) bond motifs is 10. The molecule has 14 aromatic carbocycles. The predicted molar refractivity (Wildman–Crippen MR) is 342 cm³/mol. The normalized spacial score (nSPS) is 11.8. The molecule has 3 nitrogen and oxygen atoms in total. The molecule has 0 saturated heterocycles. The van der Waals surface area contributed by atoms with Gasteiger partial charge in [-0.15, -0.1) is 11.3 Å². The predicted octanol–water partition coefficient (Wildman–Crippen LogP) is 22.5. The summed E-state index contributed by atoms with van der Waals surface area (Å²) in [6.45, 7) is 0. The fourth-order valence-corrected chi connectivity index (χ4v) is 13.2. The lowest BCUT2D eigenvalue weighted by atomic mass is 9.91. The smallest absolute Gasteiger partial charge is 0.135 e. The molecule has 0 aliphatic carbocycles. The van der Waals surface area contributed by atoms with Crippen LogP contribution in [0.15, 0.2) is 296 Å². The van der Waals surface area contributed by atoms with E-state index in [1.807, 2.05) is 17.4 Å². The summed E-state index contributed by atoms with van der Waals surface area (Å²) in [5.41, 5.74) is 14.8. The maximum absolute atomic E-state index is 6.40. The average Bonchev–Trinajstić information content (AvgIpc) is 4.16. The summed E-state index contributed by atoms with van der Waals surface area (Å²) in [6.07, 6.45) is 0. The van der Waals surface area contributed by atoms with Crippen molar-refractivity contribution in [2.24, 2.45) is 0 Å². The molecule has 2 heterocycles. The van der Waals surface area contributed by atoms with Crippen LogP contribution >= 0.6 is 11.3 Å². The van der Waals surface area contributed by atoms with Crippen LogP contribution in [0, 0.1) is 0 Å². The molecule has 0 N–H and O–H groups in total. The molecule has 0 spiro atoms. The van der Waals surface area contributed by atoms with Crippen LogP contribution in [0.25, 0.3) is 119 Å². The van der Waals surface area contributed by atoms with Crippen LogP contribution in [0.4, 0.5) is 34.1 Å². The summed E-state index contributed by atoms with van der Waals surface area (Å²) in [5.74, 6) is 0. The Kier molecular flexibility index (Phi) is 10.7. The first-order chi connectivity index (χ1) is 39.6. The van der Waals surface area contributed by atoms with Gasteiger partial charge in [0.25, 0.3) is 0 Å². The molecule has 374 valence electrons. The Morgan fingerprint density at radius 3 is 1.10 bits per heavy atom. The van der Waals surface area contributed by atoms with Gasteiger partial charge in [0.1, 0.15) is 11.2 Å². The maximum atomic E-state index is 6.40. The summed E-state index contributed by atoms with van der Waals surface area (Å²) in [6, 6.07) is 107. The molecular weight excluding hydrogens is 989 g/mol. The van der Waals surface area contributed by atoms with Crippen LogP contribution < -0.4 is 9.80 Å². The molecular formula is C76H48N2OS. The van der Waals surface area contributed by atoms with Gasteiger partial charge >= 0.3 is 0 Å². The first kappa shape index (κ1) is 45.9. The van der Waals surface area contributed by atoms with E-state index in [-0.39, 0.29) is 0 Å². The topological polar surface area (TPSA) is 19.6 Å². The summed E-state index contributed by atoms with van der Waals surface area (Å²) in [5, 5.41) is 14.3. The number of thiophene rings is 1. The van der Waals surface area contributed by atoms with E-state index >= 15 is 0 Å². The van der Waals surface area contributed by atoms with Gasteiger partial charge < -0.3 is 14.2 Å². The lowest BCUT2D eigenvalue weighted by Gasteiger charge is -2.31. The first-order valence-corrected chi connectivity index (χ1v) is 28.1. The van der Waals surface area contributed by atoms with Gasteiger partial charge in [0.05, 0.1) is 0 Å². The highest BCUT2D eigenvalue weighted by molar-refractivity contribution is 7.25. The van der Waals surface area contributed by atoms with Gasteiger partial charge in [-0.05, 0) is 198 Å². The van der Waals surface area contributed by atoms with Crippen molar-refractivity contribution < 1.29 is 4.42 Å². The van der Waals surface area contributed by atoms with Crippen molar-refractivity contribution >= 4 is 131 Å². The van der Waals surface area contributed by atoms with Gasteiger partial charge in [0.2, 0.25) is 0 Å². The lowest BCUT2D eigenvalue weighted by Crippen LogP contribution is -2.14. The molecule has 2 aromatic heterocycles. The molecule has 16 rings (SSSR count). The second-order valence-corrected chi connectivity index (χ2v) is 22.0. The number of nitrogens with zero attached hydrogens (tertiary/aromatic N) is 2. The third kappa shape index (κ3) is 8.04. The molecule has 4 heteroatoms. The molecule has 0 bridgehead atoms. The largest absolute Gasteiger partial charge is 0.456 e. The third-order valence-electron chi connectivity index (χ3n) is 16.1. The Morgan fingerprint density at radius 1 is 0.212 bits per heavy atom. The number of rotatable bonds is 9. The summed E-state index contributed by atoms with van der Waals surface area (Å²) in [7, 11) is 0. The highest BCUT2D eigenvalue weighted by Crippen LogP contribution is 2.47. The number of benzene rings is 14. The second-order valence-electron chi connectivity index (χ2n) is 21.0. The van der Waals surface area contributed by atoms with E-state index in [2.05, 4.69) is 295 Å². The molecule has 0 amide bonds. The molecule has 0 saturated carbocycles. The Morgan fingerprint density at radius 2 is 0.588 bits per heavy atom. The van der Waals surface area contributed by atoms with E-state index in [1.165, 1.54) is 68.8 Å². The zero-order valence-electron chi connectivity index (χ0n) is 43.4. The molecule has 0 fully saturated rings. The summed E-state index contributed by atoms with van der Waals surface area (Å²) < 4.78 is 8.98. The third-order valence-corrected chi connectivity index (χ3v) is 17.2. The van der Waals surface area contributed by atoms with E-state index in [0.29, 0.717) is 0 Å².